The summed E-state index contributed by atoms with van der Waals surface area (Å²) in [7, 11) is 0. The standard InChI is InChI=1S/C27H40O5/c1-15-7-10-26(31-14-15)16(2)27(30)23(32-26)13-21-19-6-5-17-11-18(28)8-9-24(17,3)20(19)12-22(29)25(21,27)4/h11,15-16,19-23,29-30H,5-10,12-14H2,1-4H3/t15-,16-,19-,20+,21+,22-,23+,24+,25-,26-,27-/m1/s1. The number of ether oxygens (including phenoxy) is 2. The third kappa shape index (κ3) is 2.42. The second-order valence-electron chi connectivity index (χ2n) is 12.7. The normalized spacial score (nSPS) is 59.2. The fraction of sp³-hybridized carbons (Fsp3) is 0.889. The molecule has 11 atom stereocenters. The maximum absolute atomic E-state index is 12.4. The second-order valence-corrected chi connectivity index (χ2v) is 12.7. The molecule has 2 aliphatic heterocycles. The average molecular weight is 445 g/mol. The van der Waals surface area contributed by atoms with Crippen molar-refractivity contribution in [3.05, 3.63) is 11.6 Å². The number of aliphatic hydroxyl groups excluding tert-OH is 1. The molecule has 0 aromatic carbocycles. The zero-order valence-electron chi connectivity index (χ0n) is 20.1. The Kier molecular flexibility index (Phi) is 4.54. The Morgan fingerprint density at radius 2 is 1.84 bits per heavy atom. The van der Waals surface area contributed by atoms with Crippen LogP contribution in [0.5, 0.6) is 0 Å². The summed E-state index contributed by atoms with van der Waals surface area (Å²) in [5.74, 6) is 0.934. The second kappa shape index (κ2) is 6.68. The highest BCUT2D eigenvalue weighted by Crippen LogP contribution is 2.72. The van der Waals surface area contributed by atoms with Gasteiger partial charge >= 0.3 is 0 Å². The molecule has 0 amide bonds. The number of aliphatic hydroxyl groups is 2. The van der Waals surface area contributed by atoms with E-state index in [1.54, 1.807) is 0 Å². The van der Waals surface area contributed by atoms with Gasteiger partial charge in [-0.15, -0.1) is 0 Å². The van der Waals surface area contributed by atoms with E-state index in [2.05, 4.69) is 27.7 Å². The Morgan fingerprint density at radius 3 is 2.56 bits per heavy atom. The SMILES string of the molecule is C[C@@H]1CC[C@@]2(OC1)O[C@H]1C[C@H]3[C@@H]4CCC5=CC(=O)CC[C@]5(C)[C@H]4C[C@@H](O)[C@]3(C)[C@@]1(O)[C@@H]2C. The Balaban J connectivity index is 1.36. The Morgan fingerprint density at radius 1 is 1.06 bits per heavy atom. The van der Waals surface area contributed by atoms with Crippen LogP contribution in [0.3, 0.4) is 0 Å². The van der Waals surface area contributed by atoms with Crippen LogP contribution in [0.15, 0.2) is 11.6 Å². The Hall–Kier alpha value is -0.750. The first kappa shape index (κ1) is 21.8. The third-order valence-electron chi connectivity index (χ3n) is 11.6. The number of hydrogen-bond acceptors (Lipinski definition) is 5. The number of carbonyl (C=O) groups is 1. The molecule has 178 valence electrons. The van der Waals surface area contributed by atoms with Crippen LogP contribution in [-0.2, 0) is 14.3 Å². The number of carbonyl (C=O) groups excluding carboxylic acids is 1. The first-order valence-corrected chi connectivity index (χ1v) is 13.0. The molecule has 32 heavy (non-hydrogen) atoms. The van der Waals surface area contributed by atoms with Gasteiger partial charge in [0.15, 0.2) is 11.6 Å². The molecule has 5 heteroatoms. The van der Waals surface area contributed by atoms with E-state index in [9.17, 15) is 15.0 Å². The van der Waals surface area contributed by atoms with Crippen LogP contribution in [-0.4, -0.2) is 46.2 Å². The Bertz CT molecular complexity index is 858. The first-order chi connectivity index (χ1) is 15.1. The van der Waals surface area contributed by atoms with Gasteiger partial charge in [0, 0.05) is 24.2 Å². The lowest BCUT2D eigenvalue weighted by molar-refractivity contribution is -0.277. The molecule has 2 N–H and O–H groups in total. The van der Waals surface area contributed by atoms with Crippen molar-refractivity contribution < 1.29 is 24.5 Å². The minimum Gasteiger partial charge on any atom is -0.392 e. The zero-order chi connectivity index (χ0) is 22.7. The summed E-state index contributed by atoms with van der Waals surface area (Å²) in [6, 6.07) is 0. The van der Waals surface area contributed by atoms with E-state index in [0.29, 0.717) is 37.2 Å². The fourth-order valence-corrected chi connectivity index (χ4v) is 9.47. The smallest absolute Gasteiger partial charge is 0.174 e. The number of ketones is 1. The summed E-state index contributed by atoms with van der Waals surface area (Å²) in [5.41, 5.74) is -0.384. The van der Waals surface area contributed by atoms with Crippen LogP contribution in [0.2, 0.25) is 0 Å². The van der Waals surface area contributed by atoms with E-state index in [-0.39, 0.29) is 29.1 Å². The van der Waals surface area contributed by atoms with E-state index >= 15 is 0 Å². The van der Waals surface area contributed by atoms with Crippen LogP contribution < -0.4 is 0 Å². The van der Waals surface area contributed by atoms with Crippen LogP contribution in [0, 0.1) is 40.4 Å². The minimum atomic E-state index is -1.08. The highest BCUT2D eigenvalue weighted by atomic mass is 16.7. The van der Waals surface area contributed by atoms with Gasteiger partial charge in [-0.05, 0) is 73.7 Å². The van der Waals surface area contributed by atoms with Crippen molar-refractivity contribution in [1.29, 1.82) is 0 Å². The van der Waals surface area contributed by atoms with Crippen molar-refractivity contribution in [2.24, 2.45) is 40.4 Å². The lowest BCUT2D eigenvalue weighted by atomic mass is 9.45. The lowest BCUT2D eigenvalue weighted by Gasteiger charge is -2.61. The van der Waals surface area contributed by atoms with E-state index in [4.69, 9.17) is 9.47 Å². The molecule has 2 heterocycles. The molecule has 1 spiro atoms. The molecular formula is C27H40O5. The van der Waals surface area contributed by atoms with Crippen LogP contribution in [0.4, 0.5) is 0 Å². The Labute approximate surface area is 191 Å². The molecule has 6 rings (SSSR count). The summed E-state index contributed by atoms with van der Waals surface area (Å²) in [5, 5.41) is 24.2. The average Bonchev–Trinajstić information content (AvgIpc) is 3.11. The monoisotopic (exact) mass is 444 g/mol. The van der Waals surface area contributed by atoms with Gasteiger partial charge in [-0.3, -0.25) is 4.79 Å². The predicted molar refractivity (Wildman–Crippen MR) is 120 cm³/mol. The maximum atomic E-state index is 12.4. The quantitative estimate of drug-likeness (QED) is 0.590. The van der Waals surface area contributed by atoms with Crippen LogP contribution in [0.25, 0.3) is 0 Å². The maximum Gasteiger partial charge on any atom is 0.174 e. The first-order valence-electron chi connectivity index (χ1n) is 13.0. The summed E-state index contributed by atoms with van der Waals surface area (Å²) in [6.07, 6.45) is 7.93. The minimum absolute atomic E-state index is 0.00420. The van der Waals surface area contributed by atoms with Crippen LogP contribution in [0.1, 0.15) is 79.1 Å². The van der Waals surface area contributed by atoms with E-state index in [1.807, 2.05) is 6.08 Å². The van der Waals surface area contributed by atoms with Crippen molar-refractivity contribution in [3.63, 3.8) is 0 Å². The molecule has 0 aromatic heterocycles. The van der Waals surface area contributed by atoms with Crippen molar-refractivity contribution in [2.75, 3.05) is 6.61 Å². The number of rotatable bonds is 0. The van der Waals surface area contributed by atoms with Gasteiger partial charge in [0.2, 0.25) is 0 Å². The molecular weight excluding hydrogens is 404 g/mol. The third-order valence-corrected chi connectivity index (χ3v) is 11.6. The summed E-state index contributed by atoms with van der Waals surface area (Å²) < 4.78 is 13.0. The van der Waals surface area contributed by atoms with Crippen molar-refractivity contribution in [3.8, 4) is 0 Å². The lowest BCUT2D eigenvalue weighted by Crippen LogP contribution is -2.65. The summed E-state index contributed by atoms with van der Waals surface area (Å²) >= 11 is 0. The topological polar surface area (TPSA) is 76.0 Å². The van der Waals surface area contributed by atoms with Gasteiger partial charge in [0.05, 0.1) is 18.8 Å². The molecule has 0 radical (unpaired) electrons. The molecule has 5 nitrogen and oxygen atoms in total. The van der Waals surface area contributed by atoms with Crippen LogP contribution >= 0.6 is 0 Å². The van der Waals surface area contributed by atoms with Gasteiger partial charge in [-0.2, -0.15) is 0 Å². The predicted octanol–water partition coefficient (Wildman–Crippen LogP) is 4.01. The molecule has 5 fully saturated rings. The number of allylic oxidation sites excluding steroid dienone is 1. The fourth-order valence-electron chi connectivity index (χ4n) is 9.47. The molecule has 2 saturated heterocycles. The summed E-state index contributed by atoms with van der Waals surface area (Å²) in [6.45, 7) is 9.44. The highest BCUT2D eigenvalue weighted by molar-refractivity contribution is 5.91. The van der Waals surface area contributed by atoms with Crippen molar-refractivity contribution in [1.82, 2.24) is 0 Å². The molecule has 6 aliphatic rings. The molecule has 0 bridgehead atoms. The van der Waals surface area contributed by atoms with Gasteiger partial charge in [0.25, 0.3) is 0 Å². The molecule has 0 unspecified atom stereocenters. The largest absolute Gasteiger partial charge is 0.392 e. The molecule has 0 aromatic rings. The molecule has 4 aliphatic carbocycles. The van der Waals surface area contributed by atoms with Gasteiger partial charge in [0.1, 0.15) is 5.60 Å². The summed E-state index contributed by atoms with van der Waals surface area (Å²) in [4.78, 5) is 12.1. The van der Waals surface area contributed by atoms with Crippen molar-refractivity contribution in [2.45, 2.75) is 103 Å². The van der Waals surface area contributed by atoms with E-state index in [1.165, 1.54) is 5.57 Å². The van der Waals surface area contributed by atoms with E-state index in [0.717, 1.165) is 38.5 Å². The van der Waals surface area contributed by atoms with Gasteiger partial charge < -0.3 is 19.7 Å². The van der Waals surface area contributed by atoms with Gasteiger partial charge in [-0.1, -0.05) is 33.3 Å². The number of fused-ring (bicyclic) bond motifs is 7. The van der Waals surface area contributed by atoms with Gasteiger partial charge in [-0.25, -0.2) is 0 Å². The van der Waals surface area contributed by atoms with E-state index < -0.39 is 22.9 Å². The van der Waals surface area contributed by atoms with Crippen molar-refractivity contribution >= 4 is 5.78 Å². The zero-order valence-corrected chi connectivity index (χ0v) is 20.1. The highest BCUT2D eigenvalue weighted by Gasteiger charge is 2.78. The number of hydrogen-bond donors (Lipinski definition) is 2. The molecule has 3 saturated carbocycles.